The maximum Gasteiger partial charge on any atom is 0.180 e. The monoisotopic (exact) mass is 210 g/mol. The van der Waals surface area contributed by atoms with Crippen molar-refractivity contribution in [3.63, 3.8) is 0 Å². The fraction of sp³-hybridized carbons (Fsp3) is 0.600. The van der Waals surface area contributed by atoms with Crippen molar-refractivity contribution in [2.45, 2.75) is 38.5 Å². The van der Waals surface area contributed by atoms with E-state index in [1.807, 2.05) is 0 Å². The fourth-order valence-corrected chi connectivity index (χ4v) is 3.12. The Morgan fingerprint density at radius 2 is 2.14 bits per heavy atom. The van der Waals surface area contributed by atoms with Crippen LogP contribution >= 0.6 is 11.3 Å². The Kier molecular flexibility index (Phi) is 2.54. The van der Waals surface area contributed by atoms with Gasteiger partial charge in [0.05, 0.1) is 0 Å². The van der Waals surface area contributed by atoms with Crippen LogP contribution in [0.2, 0.25) is 0 Å². The molecule has 0 spiro atoms. The summed E-state index contributed by atoms with van der Waals surface area (Å²) in [5.41, 5.74) is 6.25. The Labute approximate surface area is 87.3 Å². The molecule has 2 rings (SSSR count). The fourth-order valence-electron chi connectivity index (χ4n) is 2.07. The summed E-state index contributed by atoms with van der Waals surface area (Å²) in [6, 6.07) is 0. The molecule has 1 saturated carbocycles. The summed E-state index contributed by atoms with van der Waals surface area (Å²) in [5, 5.41) is 0.525. The summed E-state index contributed by atoms with van der Waals surface area (Å²) in [7, 11) is 0. The molecule has 2 N–H and O–H groups in total. The van der Waals surface area contributed by atoms with Crippen LogP contribution in [0.3, 0.4) is 0 Å². The van der Waals surface area contributed by atoms with Gasteiger partial charge in [-0.1, -0.05) is 12.8 Å². The van der Waals surface area contributed by atoms with E-state index in [-0.39, 0.29) is 5.78 Å². The Hall–Kier alpha value is -0.900. The molecule has 1 aromatic rings. The first-order valence-electron chi connectivity index (χ1n) is 4.95. The van der Waals surface area contributed by atoms with Gasteiger partial charge in [-0.2, -0.15) is 0 Å². The van der Waals surface area contributed by atoms with Crippen LogP contribution in [0.4, 0.5) is 5.13 Å². The van der Waals surface area contributed by atoms with Crippen molar-refractivity contribution >= 4 is 22.3 Å². The summed E-state index contributed by atoms with van der Waals surface area (Å²) in [5.74, 6) is 0.573. The van der Waals surface area contributed by atoms with E-state index in [2.05, 4.69) is 4.98 Å². The van der Waals surface area contributed by atoms with Gasteiger partial charge in [0.15, 0.2) is 10.9 Å². The van der Waals surface area contributed by atoms with Gasteiger partial charge in [-0.05, 0) is 18.8 Å². The molecule has 1 aromatic heterocycles. The van der Waals surface area contributed by atoms with Crippen LogP contribution in [0.5, 0.6) is 0 Å². The molecule has 1 heterocycles. The highest BCUT2D eigenvalue weighted by Gasteiger charge is 2.24. The molecule has 0 unspecified atom stereocenters. The van der Waals surface area contributed by atoms with Crippen LogP contribution in [-0.4, -0.2) is 10.8 Å². The average molecular weight is 210 g/mol. The van der Waals surface area contributed by atoms with Crippen LogP contribution in [-0.2, 0) is 0 Å². The van der Waals surface area contributed by atoms with Gasteiger partial charge >= 0.3 is 0 Å². The number of hydrogen-bond donors (Lipinski definition) is 1. The lowest BCUT2D eigenvalue weighted by atomic mass is 10.0. The van der Waals surface area contributed by atoms with Crippen LogP contribution in [0.25, 0.3) is 0 Å². The quantitative estimate of drug-likeness (QED) is 0.763. The third kappa shape index (κ3) is 1.66. The molecule has 76 valence electrons. The molecular formula is C10H14N2OS. The van der Waals surface area contributed by atoms with Gasteiger partial charge in [-0.3, -0.25) is 4.79 Å². The van der Waals surface area contributed by atoms with Gasteiger partial charge in [0.1, 0.15) is 5.69 Å². The number of thiazole rings is 1. The number of carbonyl (C=O) groups is 1. The number of ketones is 1. The van der Waals surface area contributed by atoms with Crippen LogP contribution in [0.15, 0.2) is 0 Å². The number of Topliss-reactive ketones (excluding diaryl/α,β-unsaturated/α-hetero) is 1. The lowest BCUT2D eigenvalue weighted by Crippen LogP contribution is -2.00. The standard InChI is InChI=1S/C10H14N2OS/c1-6(13)8-9(14-10(11)12-8)7-4-2-3-5-7/h7H,2-5H2,1H3,(H2,11,12). The largest absolute Gasteiger partial charge is 0.375 e. The Morgan fingerprint density at radius 1 is 1.50 bits per heavy atom. The zero-order chi connectivity index (χ0) is 10.1. The van der Waals surface area contributed by atoms with Crippen molar-refractivity contribution in [1.82, 2.24) is 4.98 Å². The second kappa shape index (κ2) is 3.69. The first kappa shape index (κ1) is 9.65. The van der Waals surface area contributed by atoms with Crippen molar-refractivity contribution in [2.24, 2.45) is 0 Å². The summed E-state index contributed by atoms with van der Waals surface area (Å²) in [6.07, 6.45) is 4.89. The normalized spacial score (nSPS) is 17.5. The third-order valence-corrected chi connectivity index (χ3v) is 3.78. The first-order chi connectivity index (χ1) is 6.68. The molecule has 0 aromatic carbocycles. The topological polar surface area (TPSA) is 56.0 Å². The van der Waals surface area contributed by atoms with E-state index in [1.165, 1.54) is 37.0 Å². The predicted octanol–water partition coefficient (Wildman–Crippen LogP) is 2.59. The van der Waals surface area contributed by atoms with Crippen LogP contribution in [0, 0.1) is 0 Å². The first-order valence-corrected chi connectivity index (χ1v) is 5.77. The summed E-state index contributed by atoms with van der Waals surface area (Å²) in [4.78, 5) is 16.5. The second-order valence-corrected chi connectivity index (χ2v) is 4.86. The molecule has 0 bridgehead atoms. The zero-order valence-corrected chi connectivity index (χ0v) is 9.06. The smallest absolute Gasteiger partial charge is 0.180 e. The molecule has 0 amide bonds. The minimum absolute atomic E-state index is 0.0415. The number of hydrogen-bond acceptors (Lipinski definition) is 4. The molecule has 1 fully saturated rings. The predicted molar refractivity (Wildman–Crippen MR) is 57.7 cm³/mol. The SMILES string of the molecule is CC(=O)c1nc(N)sc1C1CCCC1. The summed E-state index contributed by atoms with van der Waals surface area (Å²) >= 11 is 1.49. The Bertz CT molecular complexity index is 353. The number of nitrogens with zero attached hydrogens (tertiary/aromatic N) is 1. The van der Waals surface area contributed by atoms with E-state index >= 15 is 0 Å². The highest BCUT2D eigenvalue weighted by Crippen LogP contribution is 2.39. The molecular weight excluding hydrogens is 196 g/mol. The molecule has 0 radical (unpaired) electrons. The maximum absolute atomic E-state index is 11.3. The Morgan fingerprint density at radius 3 is 2.71 bits per heavy atom. The molecule has 1 aliphatic carbocycles. The zero-order valence-electron chi connectivity index (χ0n) is 8.25. The van der Waals surface area contributed by atoms with Crippen LogP contribution < -0.4 is 5.73 Å². The Balaban J connectivity index is 2.35. The van der Waals surface area contributed by atoms with Crippen LogP contribution in [0.1, 0.15) is 53.9 Å². The lowest BCUT2D eigenvalue weighted by molar-refractivity contribution is 0.101. The molecule has 3 nitrogen and oxygen atoms in total. The highest BCUT2D eigenvalue weighted by atomic mass is 32.1. The van der Waals surface area contributed by atoms with Gasteiger partial charge < -0.3 is 5.73 Å². The molecule has 1 aliphatic rings. The van der Waals surface area contributed by atoms with Crippen molar-refractivity contribution < 1.29 is 4.79 Å². The van der Waals surface area contributed by atoms with Crippen molar-refractivity contribution in [3.05, 3.63) is 10.6 Å². The van der Waals surface area contributed by atoms with Gasteiger partial charge in [0.25, 0.3) is 0 Å². The minimum Gasteiger partial charge on any atom is -0.375 e. The average Bonchev–Trinajstić information content (AvgIpc) is 2.70. The van der Waals surface area contributed by atoms with E-state index in [0.717, 1.165) is 4.88 Å². The van der Waals surface area contributed by atoms with Gasteiger partial charge in [0, 0.05) is 11.8 Å². The number of rotatable bonds is 2. The van der Waals surface area contributed by atoms with Gasteiger partial charge in [-0.25, -0.2) is 4.98 Å². The van der Waals surface area contributed by atoms with Gasteiger partial charge in [0.2, 0.25) is 0 Å². The lowest BCUT2D eigenvalue weighted by Gasteiger charge is -2.06. The highest BCUT2D eigenvalue weighted by molar-refractivity contribution is 7.15. The molecule has 0 atom stereocenters. The second-order valence-electron chi connectivity index (χ2n) is 3.80. The number of nitrogen functional groups attached to an aromatic ring is 1. The molecule has 4 heteroatoms. The van der Waals surface area contributed by atoms with E-state index in [9.17, 15) is 4.79 Å². The molecule has 0 saturated heterocycles. The molecule has 14 heavy (non-hydrogen) atoms. The van der Waals surface area contributed by atoms with E-state index < -0.39 is 0 Å². The summed E-state index contributed by atoms with van der Waals surface area (Å²) in [6.45, 7) is 1.56. The van der Waals surface area contributed by atoms with E-state index in [1.54, 1.807) is 6.92 Å². The van der Waals surface area contributed by atoms with Gasteiger partial charge in [-0.15, -0.1) is 11.3 Å². The number of aromatic nitrogens is 1. The third-order valence-electron chi connectivity index (χ3n) is 2.73. The number of nitrogens with two attached hydrogens (primary N) is 1. The maximum atomic E-state index is 11.3. The minimum atomic E-state index is 0.0415. The van der Waals surface area contributed by atoms with Crippen molar-refractivity contribution in [3.8, 4) is 0 Å². The number of carbonyl (C=O) groups excluding carboxylic acids is 1. The van der Waals surface area contributed by atoms with Crippen molar-refractivity contribution in [2.75, 3.05) is 5.73 Å². The molecule has 0 aliphatic heterocycles. The van der Waals surface area contributed by atoms with E-state index in [4.69, 9.17) is 5.73 Å². The van der Waals surface area contributed by atoms with E-state index in [0.29, 0.717) is 16.7 Å². The summed E-state index contributed by atoms with van der Waals surface area (Å²) < 4.78 is 0. The van der Waals surface area contributed by atoms with Crippen molar-refractivity contribution in [1.29, 1.82) is 0 Å². The number of anilines is 1.